The van der Waals surface area contributed by atoms with Gasteiger partial charge < -0.3 is 10.3 Å². The maximum Gasteiger partial charge on any atom is 0.123 e. The Hall–Kier alpha value is -1.20. The summed E-state index contributed by atoms with van der Waals surface area (Å²) in [5.41, 5.74) is 1.10. The van der Waals surface area contributed by atoms with Crippen LogP contribution in [0.15, 0.2) is 17.8 Å². The summed E-state index contributed by atoms with van der Waals surface area (Å²) in [7, 11) is 0. The number of hydrogen-bond acceptors (Lipinski definition) is 4. The van der Waals surface area contributed by atoms with Crippen molar-refractivity contribution >= 4 is 11.3 Å². The van der Waals surface area contributed by atoms with Gasteiger partial charge in [0.2, 0.25) is 0 Å². The molecule has 0 spiro atoms. The van der Waals surface area contributed by atoms with E-state index >= 15 is 0 Å². The number of aromatic nitrogens is 3. The number of thiazole rings is 1. The number of nitrogens with zero attached hydrogens (tertiary/aromatic N) is 2. The van der Waals surface area contributed by atoms with Crippen molar-refractivity contribution in [2.45, 2.75) is 32.7 Å². The van der Waals surface area contributed by atoms with Gasteiger partial charge in [-0.1, -0.05) is 6.92 Å². The minimum absolute atomic E-state index is 0.232. The van der Waals surface area contributed by atoms with E-state index in [1.54, 1.807) is 17.5 Å². The van der Waals surface area contributed by atoms with Crippen molar-refractivity contribution in [3.8, 4) is 0 Å². The summed E-state index contributed by atoms with van der Waals surface area (Å²) >= 11 is 1.72. The quantitative estimate of drug-likeness (QED) is 0.828. The molecule has 1 unspecified atom stereocenters. The molecule has 2 rings (SSSR count). The Morgan fingerprint density at radius 3 is 3.00 bits per heavy atom. The van der Waals surface area contributed by atoms with Gasteiger partial charge in [-0.15, -0.1) is 11.3 Å². The van der Waals surface area contributed by atoms with E-state index in [1.807, 2.05) is 13.1 Å². The van der Waals surface area contributed by atoms with Crippen LogP contribution in [0, 0.1) is 6.92 Å². The number of rotatable bonds is 6. The van der Waals surface area contributed by atoms with Gasteiger partial charge in [0.05, 0.1) is 11.0 Å². The highest BCUT2D eigenvalue weighted by Gasteiger charge is 2.15. The number of imidazole rings is 1. The van der Waals surface area contributed by atoms with Crippen molar-refractivity contribution < 1.29 is 0 Å². The van der Waals surface area contributed by atoms with Gasteiger partial charge in [-0.25, -0.2) is 9.97 Å². The molecule has 0 bridgehead atoms. The van der Waals surface area contributed by atoms with Crippen molar-refractivity contribution in [1.82, 2.24) is 20.3 Å². The fourth-order valence-electron chi connectivity index (χ4n) is 1.72. The van der Waals surface area contributed by atoms with Gasteiger partial charge in [0.1, 0.15) is 5.82 Å². The molecule has 2 aromatic heterocycles. The Morgan fingerprint density at radius 1 is 1.53 bits per heavy atom. The summed E-state index contributed by atoms with van der Waals surface area (Å²) in [6.07, 6.45) is 5.67. The zero-order chi connectivity index (χ0) is 12.1. The van der Waals surface area contributed by atoms with Crippen molar-refractivity contribution in [2.24, 2.45) is 0 Å². The Bertz CT molecular complexity index is 435. The van der Waals surface area contributed by atoms with Gasteiger partial charge in [0.15, 0.2) is 0 Å². The molecule has 0 radical (unpaired) electrons. The third-order valence-corrected chi connectivity index (χ3v) is 3.52. The van der Waals surface area contributed by atoms with Gasteiger partial charge in [-0.2, -0.15) is 0 Å². The zero-order valence-corrected chi connectivity index (χ0v) is 11.0. The molecule has 0 aliphatic rings. The van der Waals surface area contributed by atoms with E-state index < -0.39 is 0 Å². The predicted molar refractivity (Wildman–Crippen MR) is 70.2 cm³/mol. The molecule has 92 valence electrons. The van der Waals surface area contributed by atoms with Gasteiger partial charge >= 0.3 is 0 Å². The van der Waals surface area contributed by atoms with E-state index in [9.17, 15) is 0 Å². The van der Waals surface area contributed by atoms with Crippen LogP contribution in [0.3, 0.4) is 0 Å². The van der Waals surface area contributed by atoms with Gasteiger partial charge in [0.25, 0.3) is 0 Å². The first-order chi connectivity index (χ1) is 8.29. The van der Waals surface area contributed by atoms with E-state index in [1.165, 1.54) is 0 Å². The smallest absolute Gasteiger partial charge is 0.123 e. The average Bonchev–Trinajstić information content (AvgIpc) is 2.95. The highest BCUT2D eigenvalue weighted by molar-refractivity contribution is 7.09. The molecular formula is C12H18N4S. The van der Waals surface area contributed by atoms with Crippen LogP contribution in [-0.4, -0.2) is 21.5 Å². The van der Waals surface area contributed by atoms with E-state index in [0.29, 0.717) is 0 Å². The second kappa shape index (κ2) is 5.93. The normalized spacial score (nSPS) is 12.8. The fourth-order valence-corrected chi connectivity index (χ4v) is 2.54. The van der Waals surface area contributed by atoms with Crippen LogP contribution < -0.4 is 5.32 Å². The molecule has 17 heavy (non-hydrogen) atoms. The summed E-state index contributed by atoms with van der Waals surface area (Å²) in [6, 6.07) is 0.232. The first kappa shape index (κ1) is 12.3. The SMILES string of the molecule is CCCNC(Cc1nc(C)cs1)c1ncc[nH]1. The lowest BCUT2D eigenvalue weighted by Gasteiger charge is -2.14. The maximum atomic E-state index is 4.51. The summed E-state index contributed by atoms with van der Waals surface area (Å²) in [5, 5.41) is 6.75. The van der Waals surface area contributed by atoms with E-state index in [4.69, 9.17) is 0 Å². The minimum Gasteiger partial charge on any atom is -0.347 e. The molecule has 5 heteroatoms. The lowest BCUT2D eigenvalue weighted by molar-refractivity contribution is 0.507. The van der Waals surface area contributed by atoms with Crippen molar-refractivity contribution in [2.75, 3.05) is 6.54 Å². The topological polar surface area (TPSA) is 53.6 Å². The number of H-pyrrole nitrogens is 1. The predicted octanol–water partition coefficient (Wildman–Crippen LogP) is 2.46. The van der Waals surface area contributed by atoms with Crippen LogP contribution in [0.1, 0.15) is 35.9 Å². The molecule has 0 aliphatic heterocycles. The zero-order valence-electron chi connectivity index (χ0n) is 10.2. The van der Waals surface area contributed by atoms with E-state index in [-0.39, 0.29) is 6.04 Å². The summed E-state index contributed by atoms with van der Waals surface area (Å²) in [5.74, 6) is 0.992. The summed E-state index contributed by atoms with van der Waals surface area (Å²) < 4.78 is 0. The molecule has 0 amide bonds. The first-order valence-electron chi connectivity index (χ1n) is 5.93. The molecule has 1 atom stereocenters. The van der Waals surface area contributed by atoms with Gasteiger partial charge in [-0.3, -0.25) is 0 Å². The van der Waals surface area contributed by atoms with Crippen LogP contribution in [0.5, 0.6) is 0 Å². The fraction of sp³-hybridized carbons (Fsp3) is 0.500. The molecule has 0 aliphatic carbocycles. The van der Waals surface area contributed by atoms with Crippen molar-refractivity contribution in [3.05, 3.63) is 34.3 Å². The third-order valence-electron chi connectivity index (χ3n) is 2.54. The molecule has 2 aromatic rings. The summed E-state index contributed by atoms with van der Waals surface area (Å²) in [4.78, 5) is 12.0. The lowest BCUT2D eigenvalue weighted by atomic mass is 10.2. The second-order valence-corrected chi connectivity index (χ2v) is 5.01. The third kappa shape index (κ3) is 3.38. The number of hydrogen-bond donors (Lipinski definition) is 2. The molecular weight excluding hydrogens is 232 g/mol. The Kier molecular flexibility index (Phi) is 4.28. The Balaban J connectivity index is 2.05. The first-order valence-corrected chi connectivity index (χ1v) is 6.81. The molecule has 0 saturated heterocycles. The molecule has 2 heterocycles. The van der Waals surface area contributed by atoms with E-state index in [2.05, 4.69) is 32.6 Å². The van der Waals surface area contributed by atoms with Crippen molar-refractivity contribution in [1.29, 1.82) is 0 Å². The Labute approximate surface area is 106 Å². The molecule has 0 fully saturated rings. The van der Waals surface area contributed by atoms with Crippen LogP contribution >= 0.6 is 11.3 Å². The second-order valence-electron chi connectivity index (χ2n) is 4.07. The van der Waals surface area contributed by atoms with E-state index in [0.717, 1.165) is 35.9 Å². The lowest BCUT2D eigenvalue weighted by Crippen LogP contribution is -2.25. The van der Waals surface area contributed by atoms with Crippen molar-refractivity contribution in [3.63, 3.8) is 0 Å². The number of aryl methyl sites for hydroxylation is 1. The minimum atomic E-state index is 0.232. The van der Waals surface area contributed by atoms with Crippen LogP contribution in [-0.2, 0) is 6.42 Å². The monoisotopic (exact) mass is 250 g/mol. The molecule has 4 nitrogen and oxygen atoms in total. The van der Waals surface area contributed by atoms with Crippen LogP contribution in [0.4, 0.5) is 0 Å². The van der Waals surface area contributed by atoms with Gasteiger partial charge in [0, 0.05) is 29.9 Å². The molecule has 2 N–H and O–H groups in total. The maximum absolute atomic E-state index is 4.51. The number of aromatic amines is 1. The average molecular weight is 250 g/mol. The number of nitrogens with one attached hydrogen (secondary N) is 2. The largest absolute Gasteiger partial charge is 0.347 e. The van der Waals surface area contributed by atoms with Gasteiger partial charge in [-0.05, 0) is 19.9 Å². The molecule has 0 aromatic carbocycles. The standard InChI is InChI=1S/C12H18N4S/c1-3-4-13-10(12-14-5-6-15-12)7-11-16-9(2)8-17-11/h5-6,8,10,13H,3-4,7H2,1-2H3,(H,14,15). The Morgan fingerprint density at radius 2 is 2.41 bits per heavy atom. The highest BCUT2D eigenvalue weighted by atomic mass is 32.1. The highest BCUT2D eigenvalue weighted by Crippen LogP contribution is 2.18. The van der Waals surface area contributed by atoms with Crippen LogP contribution in [0.2, 0.25) is 0 Å². The van der Waals surface area contributed by atoms with Crippen LogP contribution in [0.25, 0.3) is 0 Å². The molecule has 0 saturated carbocycles. The summed E-state index contributed by atoms with van der Waals surface area (Å²) in [6.45, 7) is 5.19.